The molecule has 0 aliphatic heterocycles. The van der Waals surface area contributed by atoms with E-state index in [0.29, 0.717) is 18.7 Å². The Morgan fingerprint density at radius 1 is 1.27 bits per heavy atom. The zero-order valence-corrected chi connectivity index (χ0v) is 12.3. The zero-order valence-electron chi connectivity index (χ0n) is 12.3. The van der Waals surface area contributed by atoms with Gasteiger partial charge < -0.3 is 10.0 Å². The summed E-state index contributed by atoms with van der Waals surface area (Å²) in [6, 6.07) is 9.52. The molecule has 0 fully saturated rings. The van der Waals surface area contributed by atoms with E-state index in [-0.39, 0.29) is 19.0 Å². The van der Waals surface area contributed by atoms with Gasteiger partial charge in [-0.05, 0) is 6.42 Å². The fraction of sp³-hybridized carbons (Fsp3) is 0.333. The van der Waals surface area contributed by atoms with Crippen molar-refractivity contribution in [2.24, 2.45) is 0 Å². The van der Waals surface area contributed by atoms with Gasteiger partial charge in [-0.15, -0.1) is 5.10 Å². The molecule has 0 spiro atoms. The van der Waals surface area contributed by atoms with Crippen LogP contribution in [0.4, 0.5) is 0 Å². The number of carbonyl (C=O) groups excluding carboxylic acids is 1. The van der Waals surface area contributed by atoms with Gasteiger partial charge in [-0.1, -0.05) is 42.5 Å². The van der Waals surface area contributed by atoms with Gasteiger partial charge in [0.25, 0.3) is 0 Å². The van der Waals surface area contributed by atoms with Gasteiger partial charge in [0.2, 0.25) is 5.91 Å². The molecule has 7 nitrogen and oxygen atoms in total. The molecule has 0 radical (unpaired) electrons. The molecule has 22 heavy (non-hydrogen) atoms. The summed E-state index contributed by atoms with van der Waals surface area (Å²) in [4.78, 5) is 24.3. The number of carboxylic acids is 1. The Balaban J connectivity index is 2.05. The minimum atomic E-state index is -1.02. The number of rotatable bonds is 7. The van der Waals surface area contributed by atoms with Crippen LogP contribution in [0.15, 0.2) is 36.5 Å². The molecule has 1 N–H and O–H groups in total. The van der Waals surface area contributed by atoms with Crippen LogP contribution in [0.2, 0.25) is 0 Å². The van der Waals surface area contributed by atoms with Crippen LogP contribution in [0.1, 0.15) is 13.3 Å². The Morgan fingerprint density at radius 2 is 2.00 bits per heavy atom. The molecule has 2 aromatic rings. The standard InChI is InChI=1S/C15H18N4O3/c1-2-8-18(11-15(21)22)14(20)10-19-9-13(16-17-19)12-6-4-3-5-7-12/h3-7,9H,2,8,10-11H2,1H3,(H,21,22). The number of carbonyl (C=O) groups is 2. The van der Waals surface area contributed by atoms with Crippen LogP contribution in [0.25, 0.3) is 11.3 Å². The first-order valence-corrected chi connectivity index (χ1v) is 7.05. The Labute approximate surface area is 128 Å². The number of aromatic nitrogens is 3. The van der Waals surface area contributed by atoms with Crippen LogP contribution in [0, 0.1) is 0 Å². The van der Waals surface area contributed by atoms with E-state index >= 15 is 0 Å². The maximum absolute atomic E-state index is 12.2. The van der Waals surface area contributed by atoms with E-state index < -0.39 is 5.97 Å². The minimum Gasteiger partial charge on any atom is -0.480 e. The zero-order chi connectivity index (χ0) is 15.9. The molecule has 0 aliphatic rings. The van der Waals surface area contributed by atoms with Crippen molar-refractivity contribution < 1.29 is 14.7 Å². The molecule has 2 rings (SSSR count). The summed E-state index contributed by atoms with van der Waals surface area (Å²) in [5, 5.41) is 16.8. The highest BCUT2D eigenvalue weighted by atomic mass is 16.4. The van der Waals surface area contributed by atoms with Crippen LogP contribution >= 0.6 is 0 Å². The van der Waals surface area contributed by atoms with Gasteiger partial charge in [0.15, 0.2) is 0 Å². The molecule has 0 unspecified atom stereocenters. The van der Waals surface area contributed by atoms with Gasteiger partial charge >= 0.3 is 5.97 Å². The second kappa shape index (κ2) is 7.35. The lowest BCUT2D eigenvalue weighted by atomic mass is 10.2. The second-order valence-corrected chi connectivity index (χ2v) is 4.88. The largest absolute Gasteiger partial charge is 0.480 e. The lowest BCUT2D eigenvalue weighted by molar-refractivity contribution is -0.144. The smallest absolute Gasteiger partial charge is 0.323 e. The monoisotopic (exact) mass is 302 g/mol. The van der Waals surface area contributed by atoms with Crippen LogP contribution in [-0.4, -0.2) is 50.0 Å². The Kier molecular flexibility index (Phi) is 5.24. The topological polar surface area (TPSA) is 88.3 Å². The van der Waals surface area contributed by atoms with Crippen LogP contribution in [-0.2, 0) is 16.1 Å². The third kappa shape index (κ3) is 4.15. The number of nitrogens with zero attached hydrogens (tertiary/aromatic N) is 4. The SMILES string of the molecule is CCCN(CC(=O)O)C(=O)Cn1cc(-c2ccccc2)nn1. The van der Waals surface area contributed by atoms with Gasteiger partial charge in [0.05, 0.1) is 6.20 Å². The second-order valence-electron chi connectivity index (χ2n) is 4.88. The number of hydrogen-bond donors (Lipinski definition) is 1. The molecule has 1 aromatic carbocycles. The first-order chi connectivity index (χ1) is 10.6. The molecular formula is C15H18N4O3. The first-order valence-electron chi connectivity index (χ1n) is 7.05. The number of amides is 1. The molecule has 0 saturated carbocycles. The fourth-order valence-electron chi connectivity index (χ4n) is 2.08. The first kappa shape index (κ1) is 15.7. The van der Waals surface area contributed by atoms with Crippen molar-refractivity contribution in [3.05, 3.63) is 36.5 Å². The summed E-state index contributed by atoms with van der Waals surface area (Å²) in [7, 11) is 0. The third-order valence-electron chi connectivity index (χ3n) is 3.08. The Morgan fingerprint density at radius 3 is 2.64 bits per heavy atom. The lowest BCUT2D eigenvalue weighted by Gasteiger charge is -2.19. The normalized spacial score (nSPS) is 10.4. The van der Waals surface area contributed by atoms with Crippen molar-refractivity contribution in [3.63, 3.8) is 0 Å². The van der Waals surface area contributed by atoms with Crippen LogP contribution in [0.3, 0.4) is 0 Å². The molecule has 0 saturated heterocycles. The van der Waals surface area contributed by atoms with Gasteiger partial charge in [-0.3, -0.25) is 9.59 Å². The molecular weight excluding hydrogens is 284 g/mol. The highest BCUT2D eigenvalue weighted by Gasteiger charge is 2.17. The number of carboxylic acid groups (broad SMARTS) is 1. The van der Waals surface area contributed by atoms with Gasteiger partial charge in [-0.2, -0.15) is 0 Å². The molecule has 0 atom stereocenters. The average molecular weight is 302 g/mol. The van der Waals surface area contributed by atoms with Gasteiger partial charge in [-0.25, -0.2) is 4.68 Å². The van der Waals surface area contributed by atoms with Gasteiger partial charge in [0.1, 0.15) is 18.8 Å². The summed E-state index contributed by atoms with van der Waals surface area (Å²) in [5.74, 6) is -1.31. The van der Waals surface area contributed by atoms with E-state index in [1.807, 2.05) is 37.3 Å². The molecule has 1 heterocycles. The summed E-state index contributed by atoms with van der Waals surface area (Å²) < 4.78 is 1.43. The van der Waals surface area contributed by atoms with E-state index in [9.17, 15) is 9.59 Å². The minimum absolute atomic E-state index is 0.0207. The predicted molar refractivity (Wildman–Crippen MR) is 80.0 cm³/mol. The lowest BCUT2D eigenvalue weighted by Crippen LogP contribution is -2.38. The quantitative estimate of drug-likeness (QED) is 0.832. The van der Waals surface area contributed by atoms with Crippen LogP contribution < -0.4 is 0 Å². The molecule has 1 amide bonds. The third-order valence-corrected chi connectivity index (χ3v) is 3.08. The van der Waals surface area contributed by atoms with E-state index in [0.717, 1.165) is 5.56 Å². The van der Waals surface area contributed by atoms with Crippen LogP contribution in [0.5, 0.6) is 0 Å². The Hall–Kier alpha value is -2.70. The molecule has 0 aliphatic carbocycles. The van der Waals surface area contributed by atoms with E-state index in [1.165, 1.54) is 9.58 Å². The van der Waals surface area contributed by atoms with Gasteiger partial charge in [0, 0.05) is 12.1 Å². The number of benzene rings is 1. The van der Waals surface area contributed by atoms with Crippen molar-refractivity contribution in [2.45, 2.75) is 19.9 Å². The van der Waals surface area contributed by atoms with Crippen molar-refractivity contribution >= 4 is 11.9 Å². The summed E-state index contributed by atoms with van der Waals surface area (Å²) in [6.45, 7) is 1.98. The number of hydrogen-bond acceptors (Lipinski definition) is 4. The highest BCUT2D eigenvalue weighted by Crippen LogP contribution is 2.14. The molecule has 1 aromatic heterocycles. The highest BCUT2D eigenvalue weighted by molar-refractivity contribution is 5.81. The maximum Gasteiger partial charge on any atom is 0.323 e. The number of aliphatic carboxylic acids is 1. The van der Waals surface area contributed by atoms with E-state index in [1.54, 1.807) is 6.20 Å². The Bertz CT molecular complexity index is 639. The molecule has 7 heteroatoms. The van der Waals surface area contributed by atoms with Crippen molar-refractivity contribution in [1.29, 1.82) is 0 Å². The maximum atomic E-state index is 12.2. The predicted octanol–water partition coefficient (Wildman–Crippen LogP) is 1.27. The molecule has 116 valence electrons. The molecule has 0 bridgehead atoms. The van der Waals surface area contributed by atoms with Crippen molar-refractivity contribution in [3.8, 4) is 11.3 Å². The van der Waals surface area contributed by atoms with E-state index in [4.69, 9.17) is 5.11 Å². The average Bonchev–Trinajstić information content (AvgIpc) is 2.96. The van der Waals surface area contributed by atoms with Crippen molar-refractivity contribution in [1.82, 2.24) is 19.9 Å². The summed E-state index contributed by atoms with van der Waals surface area (Å²) in [6.07, 6.45) is 2.38. The van der Waals surface area contributed by atoms with E-state index in [2.05, 4.69) is 10.3 Å². The van der Waals surface area contributed by atoms with Crippen molar-refractivity contribution in [2.75, 3.05) is 13.1 Å². The summed E-state index contributed by atoms with van der Waals surface area (Å²) in [5.41, 5.74) is 1.59. The fourth-order valence-corrected chi connectivity index (χ4v) is 2.08. The summed E-state index contributed by atoms with van der Waals surface area (Å²) >= 11 is 0.